The van der Waals surface area contributed by atoms with Gasteiger partial charge in [-0.05, 0) is 64.4 Å². The fraction of sp³-hybridized carbons (Fsp3) is 0.393. The summed E-state index contributed by atoms with van der Waals surface area (Å²) in [5, 5.41) is 14.8. The normalized spacial score (nSPS) is 12.3. The zero-order valence-corrected chi connectivity index (χ0v) is 23.0. The minimum atomic E-state index is -1.48. The van der Waals surface area contributed by atoms with Gasteiger partial charge in [0.25, 0.3) is 5.91 Å². The Hall–Kier alpha value is -4.59. The maximum absolute atomic E-state index is 13.8. The molecule has 11 heteroatoms. The lowest BCUT2D eigenvalue weighted by Crippen LogP contribution is -2.53. The molecule has 39 heavy (non-hydrogen) atoms. The van der Waals surface area contributed by atoms with Gasteiger partial charge in [0.05, 0.1) is 19.6 Å². The molecular formula is C28H35N5O6. The van der Waals surface area contributed by atoms with Crippen LogP contribution in [0.5, 0.6) is 5.75 Å². The highest BCUT2D eigenvalue weighted by Gasteiger charge is 2.37. The van der Waals surface area contributed by atoms with E-state index in [0.29, 0.717) is 17.0 Å². The van der Waals surface area contributed by atoms with Crippen molar-refractivity contribution in [1.29, 1.82) is 5.26 Å². The van der Waals surface area contributed by atoms with Crippen LogP contribution in [0.25, 0.3) is 0 Å². The van der Waals surface area contributed by atoms with Crippen molar-refractivity contribution in [2.75, 3.05) is 19.0 Å². The summed E-state index contributed by atoms with van der Waals surface area (Å²) in [6, 6.07) is 11.1. The first kappa shape index (κ1) is 30.6. The SMILES string of the molecule is COc1ccc(NC(=O)C(c2cc(C)cc(C)c2)N(CC#N)C(=O)C(CC(N)=O)NC(=O)OC(C)(C)C)cc1. The van der Waals surface area contributed by atoms with Gasteiger partial charge >= 0.3 is 6.09 Å². The fourth-order valence-corrected chi connectivity index (χ4v) is 3.95. The molecule has 2 aromatic rings. The van der Waals surface area contributed by atoms with Crippen LogP contribution < -0.4 is 21.1 Å². The van der Waals surface area contributed by atoms with E-state index in [-0.39, 0.29) is 0 Å². The van der Waals surface area contributed by atoms with Crippen LogP contribution in [0.1, 0.15) is 49.9 Å². The number of anilines is 1. The number of nitrogens with two attached hydrogens (primary N) is 1. The molecule has 0 aliphatic carbocycles. The van der Waals surface area contributed by atoms with Crippen LogP contribution in [-0.2, 0) is 19.1 Å². The lowest BCUT2D eigenvalue weighted by Gasteiger charge is -2.33. The molecule has 0 heterocycles. The van der Waals surface area contributed by atoms with Crippen molar-refractivity contribution in [2.45, 2.75) is 58.7 Å². The Bertz CT molecular complexity index is 1230. The average molecular weight is 538 g/mol. The Labute approximate surface area is 228 Å². The number of ether oxygens (including phenoxy) is 2. The summed E-state index contributed by atoms with van der Waals surface area (Å²) in [5.41, 5.74) is 7.02. The number of carbonyl (C=O) groups excluding carboxylic acids is 4. The molecule has 208 valence electrons. The quantitative estimate of drug-likeness (QED) is 0.392. The Morgan fingerprint density at radius 3 is 2.13 bits per heavy atom. The number of hydrogen-bond acceptors (Lipinski definition) is 7. The molecule has 0 fully saturated rings. The first-order chi connectivity index (χ1) is 18.2. The van der Waals surface area contributed by atoms with E-state index in [2.05, 4.69) is 10.6 Å². The predicted octanol–water partition coefficient (Wildman–Crippen LogP) is 3.11. The third kappa shape index (κ3) is 9.34. The van der Waals surface area contributed by atoms with Crippen molar-refractivity contribution in [3.8, 4) is 11.8 Å². The van der Waals surface area contributed by atoms with E-state index in [0.717, 1.165) is 16.0 Å². The molecule has 2 unspecified atom stereocenters. The van der Waals surface area contributed by atoms with Gasteiger partial charge in [-0.2, -0.15) is 5.26 Å². The number of benzene rings is 2. The van der Waals surface area contributed by atoms with Gasteiger partial charge in [0, 0.05) is 5.69 Å². The Kier molecular flexibility index (Phi) is 10.4. The average Bonchev–Trinajstić information content (AvgIpc) is 2.81. The summed E-state index contributed by atoms with van der Waals surface area (Å²) in [6.45, 7) is 8.08. The molecule has 0 aromatic heterocycles. The van der Waals surface area contributed by atoms with E-state index >= 15 is 0 Å². The van der Waals surface area contributed by atoms with Crippen LogP contribution in [0.2, 0.25) is 0 Å². The first-order valence-electron chi connectivity index (χ1n) is 12.2. The molecule has 0 radical (unpaired) electrons. The number of aryl methyl sites for hydroxylation is 2. The highest BCUT2D eigenvalue weighted by molar-refractivity contribution is 6.00. The number of alkyl carbamates (subject to hydrolysis) is 1. The van der Waals surface area contributed by atoms with Gasteiger partial charge in [0.1, 0.15) is 30.0 Å². The van der Waals surface area contributed by atoms with Gasteiger partial charge in [-0.3, -0.25) is 14.4 Å². The number of rotatable bonds is 10. The minimum Gasteiger partial charge on any atom is -0.497 e. The molecule has 0 aliphatic rings. The van der Waals surface area contributed by atoms with Gasteiger partial charge in [-0.15, -0.1) is 0 Å². The number of amides is 4. The summed E-state index contributed by atoms with van der Waals surface area (Å²) in [7, 11) is 1.52. The summed E-state index contributed by atoms with van der Waals surface area (Å²) in [6.07, 6.45) is -1.52. The number of nitrogens with zero attached hydrogens (tertiary/aromatic N) is 2. The Balaban J connectivity index is 2.55. The summed E-state index contributed by atoms with van der Waals surface area (Å²) in [4.78, 5) is 52.8. The van der Waals surface area contributed by atoms with Crippen LogP contribution in [0, 0.1) is 25.2 Å². The molecule has 2 atom stereocenters. The van der Waals surface area contributed by atoms with E-state index in [1.807, 2.05) is 26.0 Å². The van der Waals surface area contributed by atoms with Crippen LogP contribution in [0.15, 0.2) is 42.5 Å². The number of carbonyl (C=O) groups is 4. The fourth-order valence-electron chi connectivity index (χ4n) is 3.95. The van der Waals surface area contributed by atoms with E-state index in [4.69, 9.17) is 15.2 Å². The van der Waals surface area contributed by atoms with Crippen LogP contribution in [-0.4, -0.2) is 54.0 Å². The van der Waals surface area contributed by atoms with Crippen molar-refractivity contribution in [3.05, 3.63) is 59.2 Å². The molecule has 0 bridgehead atoms. The van der Waals surface area contributed by atoms with Crippen molar-refractivity contribution in [3.63, 3.8) is 0 Å². The molecular weight excluding hydrogens is 502 g/mol. The minimum absolute atomic E-state index is 0.431. The highest BCUT2D eigenvalue weighted by atomic mass is 16.6. The number of nitrogens with one attached hydrogen (secondary N) is 2. The zero-order valence-electron chi connectivity index (χ0n) is 23.0. The topological polar surface area (TPSA) is 164 Å². The van der Waals surface area contributed by atoms with Crippen molar-refractivity contribution in [2.24, 2.45) is 5.73 Å². The van der Waals surface area contributed by atoms with Gasteiger partial charge < -0.3 is 30.7 Å². The van der Waals surface area contributed by atoms with E-state index < -0.39 is 54.5 Å². The van der Waals surface area contributed by atoms with Crippen LogP contribution in [0.3, 0.4) is 0 Å². The summed E-state index contributed by atoms with van der Waals surface area (Å²) >= 11 is 0. The second-order valence-electron chi connectivity index (χ2n) is 10.0. The van der Waals surface area contributed by atoms with Gasteiger partial charge in [0.2, 0.25) is 11.8 Å². The Morgan fingerprint density at radius 2 is 1.64 bits per heavy atom. The summed E-state index contributed by atoms with van der Waals surface area (Å²) < 4.78 is 10.4. The zero-order chi connectivity index (χ0) is 29.3. The molecule has 4 N–H and O–H groups in total. The maximum Gasteiger partial charge on any atom is 0.408 e. The lowest BCUT2D eigenvalue weighted by molar-refractivity contribution is -0.141. The smallest absolute Gasteiger partial charge is 0.408 e. The molecule has 0 aliphatic heterocycles. The molecule has 0 spiro atoms. The monoisotopic (exact) mass is 537 g/mol. The number of methoxy groups -OCH3 is 1. The van der Waals surface area contributed by atoms with Crippen LogP contribution in [0.4, 0.5) is 10.5 Å². The standard InChI is InChI=1S/C28H35N5O6/c1-17-13-18(2)15-19(14-17)24(25(35)31-20-7-9-21(38-6)10-8-20)33(12-11-29)26(36)22(16-23(30)34)32-27(37)39-28(3,4)5/h7-10,13-15,22,24H,12,16H2,1-6H3,(H2,30,34)(H,31,35)(H,32,37). The van der Waals surface area contributed by atoms with Gasteiger partial charge in [0.15, 0.2) is 0 Å². The third-order valence-corrected chi connectivity index (χ3v) is 5.40. The van der Waals surface area contributed by atoms with Crippen molar-refractivity contribution < 1.29 is 28.7 Å². The van der Waals surface area contributed by atoms with Gasteiger partial charge in [-0.1, -0.05) is 29.3 Å². The second kappa shape index (κ2) is 13.3. The predicted molar refractivity (Wildman–Crippen MR) is 145 cm³/mol. The molecule has 0 saturated heterocycles. The molecule has 0 saturated carbocycles. The second-order valence-corrected chi connectivity index (χ2v) is 10.0. The van der Waals surface area contributed by atoms with E-state index in [1.54, 1.807) is 57.2 Å². The molecule has 2 aromatic carbocycles. The van der Waals surface area contributed by atoms with Crippen molar-refractivity contribution >= 4 is 29.5 Å². The van der Waals surface area contributed by atoms with Crippen molar-refractivity contribution in [1.82, 2.24) is 10.2 Å². The molecule has 4 amide bonds. The molecule has 11 nitrogen and oxygen atoms in total. The largest absolute Gasteiger partial charge is 0.497 e. The van der Waals surface area contributed by atoms with Gasteiger partial charge in [-0.25, -0.2) is 4.79 Å². The van der Waals surface area contributed by atoms with E-state index in [9.17, 15) is 24.4 Å². The maximum atomic E-state index is 13.8. The third-order valence-electron chi connectivity index (χ3n) is 5.40. The summed E-state index contributed by atoms with van der Waals surface area (Å²) in [5.74, 6) is -1.74. The number of nitriles is 1. The lowest BCUT2D eigenvalue weighted by atomic mass is 9.98. The molecule has 2 rings (SSSR count). The number of hydrogen-bond donors (Lipinski definition) is 3. The van der Waals surface area contributed by atoms with Crippen LogP contribution >= 0.6 is 0 Å². The highest BCUT2D eigenvalue weighted by Crippen LogP contribution is 2.27. The van der Waals surface area contributed by atoms with E-state index in [1.165, 1.54) is 7.11 Å². The number of primary amides is 1. The first-order valence-corrected chi connectivity index (χ1v) is 12.2. The Morgan fingerprint density at radius 1 is 1.05 bits per heavy atom.